The molecule has 1 rings (SSSR count). The maximum Gasteiger partial charge on any atom is 0.0235 e. The number of nitrogens with one attached hydrogen (secondary N) is 1. The monoisotopic (exact) mass is 165 g/mol. The third kappa shape index (κ3) is 1.46. The lowest BCUT2D eigenvalue weighted by molar-refractivity contribution is 0.311. The van der Waals surface area contributed by atoms with Gasteiger partial charge in [0.2, 0.25) is 0 Å². The lowest BCUT2D eigenvalue weighted by Gasteiger charge is -2.39. The predicted molar refractivity (Wildman–Crippen MR) is 54.2 cm³/mol. The second kappa shape index (κ2) is 3.44. The first kappa shape index (κ1) is 9.53. The smallest absolute Gasteiger partial charge is 0.0235 e. The zero-order valence-electron chi connectivity index (χ0n) is 8.24. The maximum atomic E-state index is 4.07. The molecule has 0 aromatic heterocycles. The molecule has 1 nitrogen and oxygen atoms in total. The van der Waals surface area contributed by atoms with Crippen molar-refractivity contribution < 1.29 is 0 Å². The quantitative estimate of drug-likeness (QED) is 0.620. The molecule has 0 amide bonds. The Balaban J connectivity index is 2.84. The molecule has 1 N–H and O–H groups in total. The highest BCUT2D eigenvalue weighted by molar-refractivity contribution is 5.25. The second-order valence-corrected chi connectivity index (χ2v) is 3.92. The van der Waals surface area contributed by atoms with E-state index in [1.807, 2.05) is 0 Å². The highest BCUT2D eigenvalue weighted by Crippen LogP contribution is 2.39. The standard InChI is InChI=1S/C11H19N/c1-9(2)11(10(3)4)6-5-7-12-8-11/h12H,1,3,5-8H2,2,4H3. The van der Waals surface area contributed by atoms with E-state index in [2.05, 4.69) is 32.3 Å². The number of hydrogen-bond donors (Lipinski definition) is 1. The van der Waals surface area contributed by atoms with E-state index in [0.29, 0.717) is 0 Å². The summed E-state index contributed by atoms with van der Waals surface area (Å²) in [4.78, 5) is 0. The average molecular weight is 165 g/mol. The van der Waals surface area contributed by atoms with Crippen molar-refractivity contribution in [1.29, 1.82) is 0 Å². The van der Waals surface area contributed by atoms with E-state index in [9.17, 15) is 0 Å². The highest BCUT2D eigenvalue weighted by atomic mass is 14.9. The van der Waals surface area contributed by atoms with E-state index in [4.69, 9.17) is 0 Å². The lowest BCUT2D eigenvalue weighted by Crippen LogP contribution is -2.41. The van der Waals surface area contributed by atoms with E-state index in [1.165, 1.54) is 24.0 Å². The topological polar surface area (TPSA) is 12.0 Å². The van der Waals surface area contributed by atoms with E-state index in [-0.39, 0.29) is 5.41 Å². The van der Waals surface area contributed by atoms with Gasteiger partial charge in [0.05, 0.1) is 0 Å². The Morgan fingerprint density at radius 2 is 1.83 bits per heavy atom. The van der Waals surface area contributed by atoms with Crippen LogP contribution in [0.4, 0.5) is 0 Å². The van der Waals surface area contributed by atoms with Gasteiger partial charge in [-0.1, -0.05) is 24.3 Å². The van der Waals surface area contributed by atoms with Crippen LogP contribution in [0, 0.1) is 5.41 Å². The third-order valence-electron chi connectivity index (χ3n) is 3.02. The molecule has 0 atom stereocenters. The number of rotatable bonds is 2. The van der Waals surface area contributed by atoms with Gasteiger partial charge in [-0.3, -0.25) is 0 Å². The molecule has 0 bridgehead atoms. The van der Waals surface area contributed by atoms with E-state index < -0.39 is 0 Å². The van der Waals surface area contributed by atoms with Crippen LogP contribution < -0.4 is 5.32 Å². The molecule has 68 valence electrons. The van der Waals surface area contributed by atoms with Crippen molar-refractivity contribution in [2.75, 3.05) is 13.1 Å². The lowest BCUT2D eigenvalue weighted by atomic mass is 9.71. The van der Waals surface area contributed by atoms with Crippen LogP contribution in [0.1, 0.15) is 26.7 Å². The van der Waals surface area contributed by atoms with Gasteiger partial charge >= 0.3 is 0 Å². The summed E-state index contributed by atoms with van der Waals surface area (Å²) in [6.07, 6.45) is 2.45. The van der Waals surface area contributed by atoms with Gasteiger partial charge in [0, 0.05) is 12.0 Å². The minimum absolute atomic E-state index is 0.179. The molecule has 0 unspecified atom stereocenters. The molecule has 1 aliphatic heterocycles. The van der Waals surface area contributed by atoms with Gasteiger partial charge < -0.3 is 5.32 Å². The molecule has 0 aliphatic carbocycles. The van der Waals surface area contributed by atoms with Crippen LogP contribution in [0.2, 0.25) is 0 Å². The summed E-state index contributed by atoms with van der Waals surface area (Å²) in [5.74, 6) is 0. The minimum Gasteiger partial charge on any atom is -0.316 e. The molecule has 0 aromatic rings. The van der Waals surface area contributed by atoms with Crippen LogP contribution in [0.3, 0.4) is 0 Å². The van der Waals surface area contributed by atoms with E-state index in [0.717, 1.165) is 13.1 Å². The summed E-state index contributed by atoms with van der Waals surface area (Å²) in [6, 6.07) is 0. The third-order valence-corrected chi connectivity index (χ3v) is 3.02. The summed E-state index contributed by atoms with van der Waals surface area (Å²) < 4.78 is 0. The molecule has 1 fully saturated rings. The number of piperidine rings is 1. The van der Waals surface area contributed by atoms with Gasteiger partial charge in [0.25, 0.3) is 0 Å². The van der Waals surface area contributed by atoms with Gasteiger partial charge in [-0.2, -0.15) is 0 Å². The average Bonchev–Trinajstić information content (AvgIpc) is 2.05. The largest absolute Gasteiger partial charge is 0.316 e. The number of hydrogen-bond acceptors (Lipinski definition) is 1. The van der Waals surface area contributed by atoms with Crippen LogP contribution in [0.5, 0.6) is 0 Å². The molecule has 0 aromatic carbocycles. The molecule has 1 heteroatoms. The summed E-state index contributed by atoms with van der Waals surface area (Å²) in [7, 11) is 0. The Morgan fingerprint density at radius 3 is 2.08 bits per heavy atom. The van der Waals surface area contributed by atoms with Crippen molar-refractivity contribution in [2.24, 2.45) is 5.41 Å². The highest BCUT2D eigenvalue weighted by Gasteiger charge is 2.33. The van der Waals surface area contributed by atoms with Gasteiger partial charge in [-0.15, -0.1) is 0 Å². The zero-order valence-corrected chi connectivity index (χ0v) is 8.24. The molecular weight excluding hydrogens is 146 g/mol. The molecule has 1 heterocycles. The first-order chi connectivity index (χ1) is 5.59. The summed E-state index contributed by atoms with van der Waals surface area (Å²) in [5, 5.41) is 3.42. The normalized spacial score (nSPS) is 21.8. The maximum absolute atomic E-state index is 4.07. The Hall–Kier alpha value is -0.560. The predicted octanol–water partition coefficient (Wildman–Crippen LogP) is 2.51. The fourth-order valence-electron chi connectivity index (χ4n) is 2.00. The molecule has 0 spiro atoms. The van der Waals surface area contributed by atoms with Gasteiger partial charge in [-0.25, -0.2) is 0 Å². The van der Waals surface area contributed by atoms with Crippen molar-refractivity contribution in [2.45, 2.75) is 26.7 Å². The fourth-order valence-corrected chi connectivity index (χ4v) is 2.00. The fraction of sp³-hybridized carbons (Fsp3) is 0.636. The molecular formula is C11H19N. The molecule has 12 heavy (non-hydrogen) atoms. The second-order valence-electron chi connectivity index (χ2n) is 3.92. The van der Waals surface area contributed by atoms with Crippen molar-refractivity contribution >= 4 is 0 Å². The molecule has 1 saturated heterocycles. The van der Waals surface area contributed by atoms with Crippen LogP contribution >= 0.6 is 0 Å². The zero-order chi connectivity index (χ0) is 9.19. The van der Waals surface area contributed by atoms with Gasteiger partial charge in [0.15, 0.2) is 0 Å². The summed E-state index contributed by atoms with van der Waals surface area (Å²) in [5.41, 5.74) is 2.68. The first-order valence-corrected chi connectivity index (χ1v) is 4.62. The Kier molecular flexibility index (Phi) is 2.73. The Bertz CT molecular complexity index is 181. The van der Waals surface area contributed by atoms with Crippen LogP contribution in [-0.2, 0) is 0 Å². The summed E-state index contributed by atoms with van der Waals surface area (Å²) in [6.45, 7) is 14.5. The van der Waals surface area contributed by atoms with Crippen molar-refractivity contribution in [3.63, 3.8) is 0 Å². The molecule has 1 aliphatic rings. The first-order valence-electron chi connectivity index (χ1n) is 4.62. The van der Waals surface area contributed by atoms with Gasteiger partial charge in [0.1, 0.15) is 0 Å². The van der Waals surface area contributed by atoms with E-state index in [1.54, 1.807) is 0 Å². The van der Waals surface area contributed by atoms with Crippen LogP contribution in [-0.4, -0.2) is 13.1 Å². The minimum atomic E-state index is 0.179. The summed E-state index contributed by atoms with van der Waals surface area (Å²) >= 11 is 0. The van der Waals surface area contributed by atoms with Crippen LogP contribution in [0.25, 0.3) is 0 Å². The Morgan fingerprint density at radius 1 is 1.25 bits per heavy atom. The van der Waals surface area contributed by atoms with Crippen molar-refractivity contribution in [3.05, 3.63) is 24.3 Å². The van der Waals surface area contributed by atoms with Crippen molar-refractivity contribution in [1.82, 2.24) is 5.32 Å². The van der Waals surface area contributed by atoms with Crippen molar-refractivity contribution in [3.8, 4) is 0 Å². The Labute approximate surface area is 75.6 Å². The van der Waals surface area contributed by atoms with E-state index >= 15 is 0 Å². The molecule has 0 saturated carbocycles. The van der Waals surface area contributed by atoms with Crippen LogP contribution in [0.15, 0.2) is 24.3 Å². The van der Waals surface area contributed by atoms with Gasteiger partial charge in [-0.05, 0) is 33.2 Å². The molecule has 0 radical (unpaired) electrons. The SMILES string of the molecule is C=C(C)C1(C(=C)C)CCCNC1.